The topological polar surface area (TPSA) is 21.3 Å². The number of benzene rings is 4. The molecule has 4 aromatic rings. The van der Waals surface area contributed by atoms with Gasteiger partial charge in [0.15, 0.2) is 0 Å². The van der Waals surface area contributed by atoms with E-state index in [1.54, 1.807) is 11.8 Å². The lowest BCUT2D eigenvalue weighted by molar-refractivity contribution is 0.455. The first-order valence-electron chi connectivity index (χ1n) is 9.28. The Morgan fingerprint density at radius 2 is 1.39 bits per heavy atom. The lowest BCUT2D eigenvalue weighted by Crippen LogP contribution is -2.11. The van der Waals surface area contributed by atoms with Crippen LogP contribution in [0.2, 0.25) is 0 Å². The van der Waals surface area contributed by atoms with E-state index in [-0.39, 0.29) is 0 Å². The van der Waals surface area contributed by atoms with Crippen LogP contribution in [0.15, 0.2) is 101 Å². The van der Waals surface area contributed by atoms with Crippen molar-refractivity contribution in [3.8, 4) is 22.6 Å². The molecule has 0 saturated carbocycles. The summed E-state index contributed by atoms with van der Waals surface area (Å²) >= 11 is 1.75. The maximum absolute atomic E-state index is 6.08. The van der Waals surface area contributed by atoms with Gasteiger partial charge < -0.3 is 10.1 Å². The highest BCUT2D eigenvalue weighted by Crippen LogP contribution is 2.47. The molecule has 0 atom stereocenters. The van der Waals surface area contributed by atoms with Crippen LogP contribution in [-0.4, -0.2) is 7.85 Å². The van der Waals surface area contributed by atoms with Gasteiger partial charge in [-0.15, -0.1) is 0 Å². The highest BCUT2D eigenvalue weighted by atomic mass is 32.2. The summed E-state index contributed by atoms with van der Waals surface area (Å²) in [5.74, 6) is 1.85. The molecule has 0 spiro atoms. The Balaban J connectivity index is 1.40. The Morgan fingerprint density at radius 3 is 2.21 bits per heavy atom. The molecule has 4 heteroatoms. The number of fused-ring (bicyclic) bond motifs is 2. The standard InChI is InChI=1S/C24H18BNOS/c25-19-14-22-24(28-23-9-5-4-8-21(23)27-22)15-20(19)26-18-12-10-17(11-13-18)16-6-2-1-3-7-16/h1-15,26H,25H2. The van der Waals surface area contributed by atoms with E-state index in [0.29, 0.717) is 0 Å². The average Bonchev–Trinajstić information content (AvgIpc) is 2.74. The van der Waals surface area contributed by atoms with Gasteiger partial charge in [0.05, 0.1) is 9.79 Å². The normalized spacial score (nSPS) is 11.9. The molecule has 0 fully saturated rings. The Hall–Kier alpha value is -3.11. The van der Waals surface area contributed by atoms with Crippen LogP contribution in [0.5, 0.6) is 11.5 Å². The molecule has 0 unspecified atom stereocenters. The molecular weight excluding hydrogens is 361 g/mol. The van der Waals surface area contributed by atoms with Gasteiger partial charge in [-0.1, -0.05) is 71.8 Å². The molecule has 1 N–H and O–H groups in total. The summed E-state index contributed by atoms with van der Waals surface area (Å²) in [5, 5.41) is 3.56. The second-order valence-electron chi connectivity index (χ2n) is 6.83. The summed E-state index contributed by atoms with van der Waals surface area (Å²) in [6, 6.07) is 31.4. The van der Waals surface area contributed by atoms with Crippen molar-refractivity contribution < 1.29 is 4.74 Å². The second-order valence-corrected chi connectivity index (χ2v) is 7.92. The van der Waals surface area contributed by atoms with Gasteiger partial charge in [-0.05, 0) is 47.5 Å². The maximum Gasteiger partial charge on any atom is 0.142 e. The minimum absolute atomic E-state index is 0.922. The summed E-state index contributed by atoms with van der Waals surface area (Å²) in [6.45, 7) is 0. The molecule has 0 amide bonds. The van der Waals surface area contributed by atoms with Crippen molar-refractivity contribution in [2.45, 2.75) is 9.79 Å². The van der Waals surface area contributed by atoms with E-state index in [4.69, 9.17) is 4.74 Å². The number of anilines is 2. The molecular formula is C24H18BNOS. The van der Waals surface area contributed by atoms with Crippen molar-refractivity contribution >= 4 is 36.4 Å². The number of nitrogens with one attached hydrogen (secondary N) is 1. The second kappa shape index (κ2) is 7.14. The fourth-order valence-electron chi connectivity index (χ4n) is 3.34. The van der Waals surface area contributed by atoms with E-state index in [0.717, 1.165) is 38.1 Å². The third kappa shape index (κ3) is 3.27. The van der Waals surface area contributed by atoms with Crippen LogP contribution in [0.25, 0.3) is 11.1 Å². The van der Waals surface area contributed by atoms with Gasteiger partial charge in [0, 0.05) is 11.4 Å². The first-order chi connectivity index (χ1) is 13.8. The number of hydrogen-bond acceptors (Lipinski definition) is 3. The highest BCUT2D eigenvalue weighted by Gasteiger charge is 2.18. The zero-order chi connectivity index (χ0) is 18.9. The van der Waals surface area contributed by atoms with Crippen molar-refractivity contribution in [1.82, 2.24) is 0 Å². The van der Waals surface area contributed by atoms with E-state index in [2.05, 4.69) is 79.9 Å². The predicted molar refractivity (Wildman–Crippen MR) is 120 cm³/mol. The van der Waals surface area contributed by atoms with Gasteiger partial charge in [0.25, 0.3) is 0 Å². The third-order valence-electron chi connectivity index (χ3n) is 4.85. The largest absolute Gasteiger partial charge is 0.455 e. The molecule has 5 rings (SSSR count). The molecule has 134 valence electrons. The fourth-order valence-corrected chi connectivity index (χ4v) is 4.32. The summed E-state index contributed by atoms with van der Waals surface area (Å²) in [6.07, 6.45) is 0. The van der Waals surface area contributed by atoms with E-state index < -0.39 is 0 Å². The lowest BCUT2D eigenvalue weighted by Gasteiger charge is -2.21. The smallest absolute Gasteiger partial charge is 0.142 e. The van der Waals surface area contributed by atoms with Gasteiger partial charge in [-0.2, -0.15) is 0 Å². The molecule has 0 aromatic heterocycles. The van der Waals surface area contributed by atoms with Crippen LogP contribution in [0.4, 0.5) is 11.4 Å². The van der Waals surface area contributed by atoms with Crippen LogP contribution in [-0.2, 0) is 0 Å². The lowest BCUT2D eigenvalue weighted by atomic mass is 9.93. The summed E-state index contributed by atoms with van der Waals surface area (Å²) in [5.41, 5.74) is 5.78. The molecule has 0 saturated heterocycles. The molecule has 1 aliphatic heterocycles. The van der Waals surface area contributed by atoms with Crippen molar-refractivity contribution in [2.24, 2.45) is 0 Å². The quantitative estimate of drug-likeness (QED) is 0.412. The first-order valence-corrected chi connectivity index (χ1v) is 10.1. The SMILES string of the molecule is Bc1cc2c(cc1Nc1ccc(-c3ccccc3)cc1)Sc1ccccc1O2. The molecule has 2 nitrogen and oxygen atoms in total. The minimum atomic E-state index is 0.922. The summed E-state index contributed by atoms with van der Waals surface area (Å²) in [4.78, 5) is 2.28. The van der Waals surface area contributed by atoms with E-state index in [1.807, 2.05) is 24.3 Å². The molecule has 28 heavy (non-hydrogen) atoms. The Kier molecular flexibility index (Phi) is 4.34. The third-order valence-corrected chi connectivity index (χ3v) is 5.95. The predicted octanol–water partition coefficient (Wildman–Crippen LogP) is 5.61. The van der Waals surface area contributed by atoms with Crippen molar-refractivity contribution in [3.63, 3.8) is 0 Å². The number of para-hydroxylation sites is 1. The Morgan fingerprint density at radius 1 is 0.679 bits per heavy atom. The monoisotopic (exact) mass is 379 g/mol. The molecule has 0 bridgehead atoms. The molecule has 0 aliphatic carbocycles. The van der Waals surface area contributed by atoms with Crippen LogP contribution in [0.1, 0.15) is 0 Å². The zero-order valence-corrected chi connectivity index (χ0v) is 16.3. The van der Waals surface area contributed by atoms with E-state index in [9.17, 15) is 0 Å². The van der Waals surface area contributed by atoms with Gasteiger partial charge in [0.2, 0.25) is 0 Å². The Labute approximate surface area is 170 Å². The van der Waals surface area contributed by atoms with Crippen LogP contribution in [0.3, 0.4) is 0 Å². The van der Waals surface area contributed by atoms with Crippen LogP contribution >= 0.6 is 11.8 Å². The zero-order valence-electron chi connectivity index (χ0n) is 15.5. The van der Waals surface area contributed by atoms with Crippen LogP contribution in [0, 0.1) is 0 Å². The summed E-state index contributed by atoms with van der Waals surface area (Å²) in [7, 11) is 2.11. The molecule has 4 aromatic carbocycles. The van der Waals surface area contributed by atoms with Gasteiger partial charge >= 0.3 is 0 Å². The van der Waals surface area contributed by atoms with Gasteiger partial charge in [-0.3, -0.25) is 0 Å². The maximum atomic E-state index is 6.08. The first kappa shape index (κ1) is 17.0. The average molecular weight is 379 g/mol. The number of ether oxygens (including phenoxy) is 1. The van der Waals surface area contributed by atoms with Gasteiger partial charge in [-0.25, -0.2) is 0 Å². The number of hydrogen-bond donors (Lipinski definition) is 1. The Bertz CT molecular complexity index is 1140. The molecule has 0 radical (unpaired) electrons. The molecule has 1 aliphatic rings. The van der Waals surface area contributed by atoms with Crippen molar-refractivity contribution in [1.29, 1.82) is 0 Å². The van der Waals surface area contributed by atoms with Crippen molar-refractivity contribution in [3.05, 3.63) is 91.0 Å². The van der Waals surface area contributed by atoms with Crippen LogP contribution < -0.4 is 15.5 Å². The fraction of sp³-hybridized carbons (Fsp3) is 0. The number of rotatable bonds is 3. The molecule has 1 heterocycles. The van der Waals surface area contributed by atoms with Gasteiger partial charge in [0.1, 0.15) is 19.3 Å². The summed E-state index contributed by atoms with van der Waals surface area (Å²) < 4.78 is 6.08. The minimum Gasteiger partial charge on any atom is -0.455 e. The van der Waals surface area contributed by atoms with Crippen molar-refractivity contribution in [2.75, 3.05) is 5.32 Å². The van der Waals surface area contributed by atoms with E-state index >= 15 is 0 Å². The highest BCUT2D eigenvalue weighted by molar-refractivity contribution is 7.99. The van der Waals surface area contributed by atoms with E-state index in [1.165, 1.54) is 11.1 Å².